The first-order valence-electron chi connectivity index (χ1n) is 6.87. The Balaban J connectivity index is 2.48. The monoisotopic (exact) mass is 290 g/mol. The van der Waals surface area contributed by atoms with E-state index in [1.165, 1.54) is 0 Å². The van der Waals surface area contributed by atoms with E-state index in [-0.39, 0.29) is 16.8 Å². The first-order chi connectivity index (χ1) is 8.70. The van der Waals surface area contributed by atoms with Gasteiger partial charge in [-0.05, 0) is 52.9 Å². The van der Waals surface area contributed by atoms with Crippen molar-refractivity contribution in [1.82, 2.24) is 10.0 Å². The maximum atomic E-state index is 12.1. The van der Waals surface area contributed by atoms with E-state index in [1.807, 2.05) is 27.7 Å². The summed E-state index contributed by atoms with van der Waals surface area (Å²) in [4.78, 5) is 10.7. The first-order valence-corrected chi connectivity index (χ1v) is 8.02. The van der Waals surface area contributed by atoms with Gasteiger partial charge in [0.1, 0.15) is 4.75 Å². The van der Waals surface area contributed by atoms with Gasteiger partial charge in [-0.1, -0.05) is 6.42 Å². The Labute approximate surface area is 118 Å². The van der Waals surface area contributed by atoms with Gasteiger partial charge in [0.05, 0.1) is 6.04 Å². The lowest BCUT2D eigenvalue weighted by atomic mass is 9.82. The molecular weight excluding hydrogens is 264 g/mol. The van der Waals surface area contributed by atoms with Crippen LogP contribution in [0.15, 0.2) is 0 Å². The second-order valence-corrected chi connectivity index (χ2v) is 8.36. The maximum absolute atomic E-state index is 12.1. The first kappa shape index (κ1) is 16.6. The molecule has 19 heavy (non-hydrogen) atoms. The number of rotatable bonds is 4. The van der Waals surface area contributed by atoms with Gasteiger partial charge in [-0.3, -0.25) is 0 Å². The Kier molecular flexibility index (Phi) is 5.95. The number of hydrogen-bond acceptors (Lipinski definition) is 3. The highest BCUT2D eigenvalue weighted by atomic mass is 32.2. The summed E-state index contributed by atoms with van der Waals surface area (Å²) in [6.07, 6.45) is 2.85. The molecule has 3 N–H and O–H groups in total. The number of carbonyl (C=O) groups is 1. The second kappa shape index (κ2) is 6.81. The fourth-order valence-electron chi connectivity index (χ4n) is 2.43. The molecular formula is C13H26N2O3S. The lowest BCUT2D eigenvalue weighted by Crippen LogP contribution is -2.48. The maximum Gasteiger partial charge on any atom is 0.404 e. The van der Waals surface area contributed by atoms with Gasteiger partial charge < -0.3 is 15.0 Å². The molecule has 0 aromatic heterocycles. The van der Waals surface area contributed by atoms with Crippen molar-refractivity contribution in [1.29, 1.82) is 0 Å². The van der Waals surface area contributed by atoms with Gasteiger partial charge in [0.2, 0.25) is 0 Å². The summed E-state index contributed by atoms with van der Waals surface area (Å²) < 4.78 is 15.0. The molecule has 6 heteroatoms. The molecule has 0 heterocycles. The summed E-state index contributed by atoms with van der Waals surface area (Å²) in [6.45, 7) is 7.87. The number of nitrogens with one attached hydrogen (secondary N) is 2. The molecule has 1 rings (SSSR count). The predicted octanol–water partition coefficient (Wildman–Crippen LogP) is 2.25. The summed E-state index contributed by atoms with van der Waals surface area (Å²) in [5.74, 6) is 0.372. The van der Waals surface area contributed by atoms with Gasteiger partial charge in [-0.15, -0.1) is 4.72 Å². The van der Waals surface area contributed by atoms with Gasteiger partial charge in [0, 0.05) is 17.4 Å². The predicted molar refractivity (Wildman–Crippen MR) is 77.4 cm³/mol. The lowest BCUT2D eigenvalue weighted by molar-refractivity contribution is 0.178. The largest absolute Gasteiger partial charge is 0.598 e. The molecule has 1 aliphatic carbocycles. The van der Waals surface area contributed by atoms with Crippen molar-refractivity contribution in [2.45, 2.75) is 70.2 Å². The smallest absolute Gasteiger partial charge is 0.404 e. The molecule has 1 unspecified atom stereocenters. The molecule has 1 amide bonds. The summed E-state index contributed by atoms with van der Waals surface area (Å²) in [6, 6.07) is 0.169. The molecule has 0 spiro atoms. The zero-order valence-electron chi connectivity index (χ0n) is 12.2. The molecule has 0 aromatic rings. The summed E-state index contributed by atoms with van der Waals surface area (Å²) in [5, 5.41) is 11.3. The summed E-state index contributed by atoms with van der Waals surface area (Å²) >= 11 is -1.08. The van der Waals surface area contributed by atoms with E-state index in [1.54, 1.807) is 0 Å². The normalized spacial score (nSPS) is 27.6. The Morgan fingerprint density at radius 3 is 2.58 bits per heavy atom. The molecule has 5 nitrogen and oxygen atoms in total. The molecule has 1 saturated carbocycles. The molecule has 4 atom stereocenters. The topological polar surface area (TPSA) is 84.4 Å². The summed E-state index contributed by atoms with van der Waals surface area (Å²) in [5.41, 5.74) is 0. The quantitative estimate of drug-likeness (QED) is 0.693. The second-order valence-electron chi connectivity index (χ2n) is 6.36. The van der Waals surface area contributed by atoms with Crippen molar-refractivity contribution in [3.05, 3.63) is 0 Å². The highest BCUT2D eigenvalue weighted by molar-refractivity contribution is 7.90. The number of carboxylic acid groups (broad SMARTS) is 1. The van der Waals surface area contributed by atoms with Crippen molar-refractivity contribution in [2.75, 3.05) is 0 Å². The van der Waals surface area contributed by atoms with Crippen LogP contribution in [0.4, 0.5) is 4.79 Å². The summed E-state index contributed by atoms with van der Waals surface area (Å²) in [7, 11) is 0. The van der Waals surface area contributed by atoms with Crippen LogP contribution in [-0.2, 0) is 11.4 Å². The van der Waals surface area contributed by atoms with Crippen LogP contribution in [0.2, 0.25) is 0 Å². The van der Waals surface area contributed by atoms with Gasteiger partial charge in [0.25, 0.3) is 0 Å². The highest BCUT2D eigenvalue weighted by Gasteiger charge is 2.33. The highest BCUT2D eigenvalue weighted by Crippen LogP contribution is 2.28. The van der Waals surface area contributed by atoms with Crippen LogP contribution in [0.1, 0.15) is 53.4 Å². The van der Waals surface area contributed by atoms with E-state index in [0.717, 1.165) is 25.7 Å². The molecule has 112 valence electrons. The lowest BCUT2D eigenvalue weighted by Gasteiger charge is -2.34. The van der Waals surface area contributed by atoms with E-state index in [4.69, 9.17) is 5.11 Å². The van der Waals surface area contributed by atoms with E-state index in [0.29, 0.717) is 5.92 Å². The standard InChI is InChI=1S/C13H26N2O3S/c1-9(15-19(18)13(2,3)4)10-6-5-7-11(8-10)14-12(16)17/h9-11,14-15H,5-8H2,1-4H3,(H,16,17)/t9?,10-,11+,19+/m1/s1. The van der Waals surface area contributed by atoms with Crippen molar-refractivity contribution in [2.24, 2.45) is 5.92 Å². The van der Waals surface area contributed by atoms with Gasteiger partial charge in [-0.2, -0.15) is 0 Å². The zero-order chi connectivity index (χ0) is 14.6. The van der Waals surface area contributed by atoms with E-state index in [2.05, 4.69) is 10.0 Å². The van der Waals surface area contributed by atoms with Crippen LogP contribution < -0.4 is 10.0 Å². The molecule has 1 aliphatic rings. The molecule has 0 aromatic carbocycles. The fraction of sp³-hybridized carbons (Fsp3) is 0.923. The van der Waals surface area contributed by atoms with Crippen LogP contribution in [0.3, 0.4) is 0 Å². The van der Waals surface area contributed by atoms with Gasteiger partial charge in [0.15, 0.2) is 0 Å². The average molecular weight is 290 g/mol. The molecule has 0 bridgehead atoms. The van der Waals surface area contributed by atoms with Gasteiger partial charge in [-0.25, -0.2) is 4.79 Å². The zero-order valence-corrected chi connectivity index (χ0v) is 13.0. The van der Waals surface area contributed by atoms with E-state index in [9.17, 15) is 9.35 Å². The van der Waals surface area contributed by atoms with E-state index < -0.39 is 17.5 Å². The molecule has 0 radical (unpaired) electrons. The van der Waals surface area contributed by atoms with Crippen molar-refractivity contribution in [3.63, 3.8) is 0 Å². The molecule has 0 aliphatic heterocycles. The Morgan fingerprint density at radius 2 is 2.05 bits per heavy atom. The van der Waals surface area contributed by atoms with Crippen LogP contribution in [0, 0.1) is 5.92 Å². The Hall–Kier alpha value is -0.460. The third-order valence-electron chi connectivity index (χ3n) is 3.60. The molecule has 1 fully saturated rings. The van der Waals surface area contributed by atoms with Crippen molar-refractivity contribution >= 4 is 17.5 Å². The van der Waals surface area contributed by atoms with Crippen LogP contribution in [0.25, 0.3) is 0 Å². The van der Waals surface area contributed by atoms with Crippen LogP contribution in [-0.4, -0.2) is 32.6 Å². The number of hydrogen-bond donors (Lipinski definition) is 3. The van der Waals surface area contributed by atoms with Gasteiger partial charge >= 0.3 is 6.09 Å². The fourth-order valence-corrected chi connectivity index (χ4v) is 3.31. The Bertz CT molecular complexity index is 307. The van der Waals surface area contributed by atoms with Crippen LogP contribution in [0.5, 0.6) is 0 Å². The van der Waals surface area contributed by atoms with Crippen LogP contribution >= 0.6 is 0 Å². The third kappa shape index (κ3) is 5.58. The number of amides is 1. The Morgan fingerprint density at radius 1 is 1.42 bits per heavy atom. The minimum atomic E-state index is -1.08. The molecule has 0 saturated heterocycles. The van der Waals surface area contributed by atoms with Crippen molar-refractivity contribution in [3.8, 4) is 0 Å². The SMILES string of the molecule is CC(N[S@@+]([O-])C(C)(C)C)[C@@H]1CCC[C@H](NC(=O)O)C1. The van der Waals surface area contributed by atoms with Crippen molar-refractivity contribution < 1.29 is 14.5 Å². The minimum absolute atomic E-state index is 0.0311. The minimum Gasteiger partial charge on any atom is -0.598 e. The van der Waals surface area contributed by atoms with E-state index >= 15 is 0 Å². The average Bonchev–Trinajstić information content (AvgIpc) is 2.27. The third-order valence-corrected chi connectivity index (χ3v) is 5.30.